The number of hydrogen-bond donors (Lipinski definition) is 0. The topological polar surface area (TPSA) is 0 Å². The first-order valence-corrected chi connectivity index (χ1v) is 13.4. The third kappa shape index (κ3) is 26.2. The summed E-state index contributed by atoms with van der Waals surface area (Å²) in [7, 11) is 2.66. The second kappa shape index (κ2) is 26.2. The molecule has 0 nitrogen and oxygen atoms in total. The fourth-order valence-corrected chi connectivity index (χ4v) is 4.16. The van der Waals surface area contributed by atoms with Gasteiger partial charge in [-0.2, -0.15) is 0 Å². The quantitative estimate of drug-likeness (QED) is 0.119. The molecule has 0 fully saturated rings. The molecule has 0 spiro atoms. The van der Waals surface area contributed by atoms with Gasteiger partial charge in [0.15, 0.2) is 0 Å². The molecule has 0 aromatic heterocycles. The van der Waals surface area contributed by atoms with E-state index in [4.69, 9.17) is 0 Å². The summed E-state index contributed by atoms with van der Waals surface area (Å²) in [5, 5.41) is 0. The van der Waals surface area contributed by atoms with E-state index in [1.165, 1.54) is 148 Å². The van der Waals surface area contributed by atoms with Gasteiger partial charge in [0.2, 0.25) is 0 Å². The van der Waals surface area contributed by atoms with Crippen LogP contribution >= 0.6 is 9.24 Å². The van der Waals surface area contributed by atoms with Gasteiger partial charge in [-0.05, 0) is 12.8 Å². The van der Waals surface area contributed by atoms with Crippen molar-refractivity contribution in [3.63, 3.8) is 0 Å². The van der Waals surface area contributed by atoms with E-state index >= 15 is 0 Å². The first kappa shape index (κ1) is 27.2. The molecular weight excluding hydrogens is 343 g/mol. The van der Waals surface area contributed by atoms with Gasteiger partial charge in [0.1, 0.15) is 0 Å². The summed E-state index contributed by atoms with van der Waals surface area (Å²) in [5.41, 5.74) is 0. The van der Waals surface area contributed by atoms with Gasteiger partial charge in [-0.1, -0.05) is 154 Å². The van der Waals surface area contributed by atoms with Gasteiger partial charge >= 0.3 is 0 Å². The number of rotatable bonds is 23. The molecule has 1 heteroatoms. The van der Waals surface area contributed by atoms with E-state index in [0.717, 1.165) is 0 Å². The molecule has 0 aliphatic rings. The van der Waals surface area contributed by atoms with Gasteiger partial charge in [-0.3, -0.25) is 0 Å². The van der Waals surface area contributed by atoms with Crippen molar-refractivity contribution in [1.82, 2.24) is 0 Å². The standard InChI is InChI=1S/C26H53P/c1-2-3-4-5-6-7-8-9-10-11-12-13-14-15-16-17-18-19-20-21-22-23-24-25-26-27/h25-26H,2-24,27H2,1H3/b26-25+. The summed E-state index contributed by atoms with van der Waals surface area (Å²) in [6.07, 6.45) is 35.8. The van der Waals surface area contributed by atoms with Gasteiger partial charge in [0.25, 0.3) is 0 Å². The fraction of sp³-hybridized carbons (Fsp3) is 0.923. The molecule has 0 aromatic carbocycles. The van der Waals surface area contributed by atoms with Crippen LogP contribution in [0, 0.1) is 0 Å². The molecular formula is C26H53P. The fourth-order valence-electron chi connectivity index (χ4n) is 3.97. The largest absolute Gasteiger partial charge is 0.114 e. The summed E-state index contributed by atoms with van der Waals surface area (Å²) in [6.45, 7) is 2.30. The maximum Gasteiger partial charge on any atom is -0.0347 e. The van der Waals surface area contributed by atoms with Crippen molar-refractivity contribution in [3.05, 3.63) is 11.9 Å². The SMILES string of the molecule is CCCCCCCCCCCCCCCCCCCCCCCC/C=C/P. The molecule has 0 aliphatic carbocycles. The molecule has 0 aromatic rings. The number of allylic oxidation sites excluding steroid dienone is 1. The van der Waals surface area contributed by atoms with Gasteiger partial charge in [-0.15, -0.1) is 9.24 Å². The van der Waals surface area contributed by atoms with Crippen LogP contribution in [0.5, 0.6) is 0 Å². The highest BCUT2D eigenvalue weighted by Gasteiger charge is 1.95. The Hall–Kier alpha value is 0.170. The van der Waals surface area contributed by atoms with Crippen LogP contribution < -0.4 is 0 Å². The van der Waals surface area contributed by atoms with Gasteiger partial charge in [0, 0.05) is 0 Å². The highest BCUT2D eigenvalue weighted by atomic mass is 31.0. The Morgan fingerprint density at radius 2 is 0.667 bits per heavy atom. The van der Waals surface area contributed by atoms with Gasteiger partial charge in [-0.25, -0.2) is 0 Å². The normalized spacial score (nSPS) is 11.6. The summed E-state index contributed by atoms with van der Waals surface area (Å²) >= 11 is 0. The maximum atomic E-state index is 2.66. The van der Waals surface area contributed by atoms with Crippen LogP contribution in [0.1, 0.15) is 155 Å². The van der Waals surface area contributed by atoms with Crippen LogP contribution in [-0.4, -0.2) is 0 Å². The van der Waals surface area contributed by atoms with Gasteiger partial charge < -0.3 is 0 Å². The lowest BCUT2D eigenvalue weighted by atomic mass is 10.0. The molecule has 0 N–H and O–H groups in total. The lowest BCUT2D eigenvalue weighted by Gasteiger charge is -2.04. The van der Waals surface area contributed by atoms with E-state index < -0.39 is 0 Å². The molecule has 0 rings (SSSR count). The zero-order valence-corrected chi connectivity index (χ0v) is 20.2. The molecule has 0 saturated carbocycles. The lowest BCUT2D eigenvalue weighted by Crippen LogP contribution is -1.84. The Kier molecular flexibility index (Phi) is 26.3. The highest BCUT2D eigenvalue weighted by Crippen LogP contribution is 2.15. The summed E-state index contributed by atoms with van der Waals surface area (Å²) in [6, 6.07) is 0. The molecule has 0 amide bonds. The van der Waals surface area contributed by atoms with Crippen LogP contribution in [0.4, 0.5) is 0 Å². The Labute approximate surface area is 176 Å². The molecule has 0 radical (unpaired) electrons. The minimum absolute atomic E-state index is 1.27. The summed E-state index contributed by atoms with van der Waals surface area (Å²) in [5.74, 6) is 2.09. The van der Waals surface area contributed by atoms with Crippen molar-refractivity contribution in [2.45, 2.75) is 155 Å². The predicted molar refractivity (Wildman–Crippen MR) is 131 cm³/mol. The van der Waals surface area contributed by atoms with Crippen LogP contribution in [0.25, 0.3) is 0 Å². The molecule has 162 valence electrons. The zero-order valence-electron chi connectivity index (χ0n) is 19.0. The molecule has 0 heterocycles. The molecule has 1 unspecified atom stereocenters. The predicted octanol–water partition coefficient (Wildman–Crippen LogP) is 10.4. The smallest absolute Gasteiger partial charge is 0.0347 e. The number of unbranched alkanes of at least 4 members (excludes halogenated alkanes) is 22. The van der Waals surface area contributed by atoms with E-state index in [-0.39, 0.29) is 0 Å². The number of hydrogen-bond acceptors (Lipinski definition) is 0. The first-order chi connectivity index (χ1) is 13.4. The minimum Gasteiger partial charge on any atom is -0.114 e. The molecule has 27 heavy (non-hydrogen) atoms. The third-order valence-corrected chi connectivity index (χ3v) is 6.13. The lowest BCUT2D eigenvalue weighted by molar-refractivity contribution is 0.519. The maximum absolute atomic E-state index is 2.66. The molecule has 0 saturated heterocycles. The monoisotopic (exact) mass is 396 g/mol. The van der Waals surface area contributed by atoms with E-state index in [0.29, 0.717) is 0 Å². The van der Waals surface area contributed by atoms with E-state index in [2.05, 4.69) is 28.1 Å². The first-order valence-electron chi connectivity index (χ1n) is 12.8. The van der Waals surface area contributed by atoms with Crippen molar-refractivity contribution in [2.24, 2.45) is 0 Å². The van der Waals surface area contributed by atoms with Crippen molar-refractivity contribution in [2.75, 3.05) is 0 Å². The second-order valence-electron chi connectivity index (χ2n) is 8.64. The molecule has 0 aliphatic heterocycles. The molecule has 1 atom stereocenters. The van der Waals surface area contributed by atoms with Crippen LogP contribution in [-0.2, 0) is 0 Å². The second-order valence-corrected chi connectivity index (χ2v) is 9.03. The van der Waals surface area contributed by atoms with Gasteiger partial charge in [0.05, 0.1) is 0 Å². The highest BCUT2D eigenvalue weighted by molar-refractivity contribution is 7.20. The Morgan fingerprint density at radius 1 is 0.407 bits per heavy atom. The Morgan fingerprint density at radius 3 is 0.926 bits per heavy atom. The van der Waals surface area contributed by atoms with Crippen molar-refractivity contribution in [3.8, 4) is 0 Å². The third-order valence-electron chi connectivity index (χ3n) is 5.86. The van der Waals surface area contributed by atoms with E-state index in [1.54, 1.807) is 0 Å². The summed E-state index contributed by atoms with van der Waals surface area (Å²) in [4.78, 5) is 0. The van der Waals surface area contributed by atoms with E-state index in [9.17, 15) is 0 Å². The van der Waals surface area contributed by atoms with Crippen molar-refractivity contribution >= 4 is 9.24 Å². The van der Waals surface area contributed by atoms with E-state index in [1.807, 2.05) is 0 Å². The Bertz CT molecular complexity index is 271. The molecule has 0 bridgehead atoms. The average molecular weight is 397 g/mol. The van der Waals surface area contributed by atoms with Crippen LogP contribution in [0.2, 0.25) is 0 Å². The average Bonchev–Trinajstić information content (AvgIpc) is 2.68. The minimum atomic E-state index is 1.27. The van der Waals surface area contributed by atoms with Crippen molar-refractivity contribution in [1.29, 1.82) is 0 Å². The van der Waals surface area contributed by atoms with Crippen LogP contribution in [0.3, 0.4) is 0 Å². The van der Waals surface area contributed by atoms with Crippen molar-refractivity contribution < 1.29 is 0 Å². The summed E-state index contributed by atoms with van der Waals surface area (Å²) < 4.78 is 0. The zero-order chi connectivity index (χ0) is 19.7. The van der Waals surface area contributed by atoms with Crippen LogP contribution in [0.15, 0.2) is 11.9 Å². The Balaban J connectivity index is 2.97.